The summed E-state index contributed by atoms with van der Waals surface area (Å²) in [6.45, 7) is -1.51. The molecular weight excluding hydrogens is 176 g/mol. The van der Waals surface area contributed by atoms with E-state index in [1.165, 1.54) is 12.4 Å². The fourth-order valence-electron chi connectivity index (χ4n) is 1.07. The van der Waals surface area contributed by atoms with E-state index in [2.05, 4.69) is 4.98 Å². The van der Waals surface area contributed by atoms with Crippen LogP contribution in [0.1, 0.15) is 0 Å². The minimum Gasteiger partial charge on any atom is -0.394 e. The van der Waals surface area contributed by atoms with Crippen LogP contribution in [0.4, 0.5) is 0 Å². The van der Waals surface area contributed by atoms with E-state index >= 15 is 0 Å². The van der Waals surface area contributed by atoms with Gasteiger partial charge in [-0.1, -0.05) is 0 Å². The van der Waals surface area contributed by atoms with Crippen LogP contribution < -0.4 is 5.69 Å². The van der Waals surface area contributed by atoms with E-state index < -0.39 is 31.0 Å². The fourth-order valence-corrected chi connectivity index (χ4v) is 1.07. The second-order valence-electron chi connectivity index (χ2n) is 2.83. The lowest BCUT2D eigenvalue weighted by Crippen LogP contribution is -2.48. The summed E-state index contributed by atoms with van der Waals surface area (Å²) < 4.78 is 1.08. The molecule has 4 N–H and O–H groups in total. The maximum atomic E-state index is 11.1. The van der Waals surface area contributed by atoms with Gasteiger partial charge in [0.05, 0.1) is 19.8 Å². The Hall–Kier alpha value is -1.11. The largest absolute Gasteiger partial charge is 0.394 e. The maximum Gasteiger partial charge on any atom is 0.326 e. The topological polar surface area (TPSA) is 98.5 Å². The van der Waals surface area contributed by atoms with Crippen molar-refractivity contribution in [1.82, 2.24) is 9.55 Å². The number of H-pyrrole nitrogens is 1. The minimum absolute atomic E-state index is 0.475. The van der Waals surface area contributed by atoms with Crippen LogP contribution in [-0.4, -0.2) is 44.7 Å². The molecule has 0 atom stereocenters. The summed E-state index contributed by atoms with van der Waals surface area (Å²) in [6.07, 6.45) is 2.74. The summed E-state index contributed by atoms with van der Waals surface area (Å²) in [6, 6.07) is 0. The molecule has 0 bridgehead atoms. The molecule has 74 valence electrons. The highest BCUT2D eigenvalue weighted by molar-refractivity contribution is 4.91. The van der Waals surface area contributed by atoms with Crippen molar-refractivity contribution in [2.24, 2.45) is 0 Å². The Kier molecular flexibility index (Phi) is 2.86. The van der Waals surface area contributed by atoms with Gasteiger partial charge in [-0.3, -0.25) is 4.57 Å². The summed E-state index contributed by atoms with van der Waals surface area (Å²) in [5.74, 6) is 0. The van der Waals surface area contributed by atoms with Gasteiger partial charge >= 0.3 is 5.69 Å². The number of nitrogens with zero attached hydrogens (tertiary/aromatic N) is 1. The molecule has 0 aliphatic carbocycles. The summed E-state index contributed by atoms with van der Waals surface area (Å²) >= 11 is 0. The molecule has 0 radical (unpaired) electrons. The lowest BCUT2D eigenvalue weighted by Gasteiger charge is -2.27. The van der Waals surface area contributed by atoms with E-state index in [0.717, 1.165) is 4.57 Å². The van der Waals surface area contributed by atoms with Gasteiger partial charge in [0.1, 0.15) is 5.54 Å². The average molecular weight is 188 g/mol. The molecule has 6 heteroatoms. The SMILES string of the molecule is O=c1[nH]ccn1C(CO)(CO)CO. The van der Waals surface area contributed by atoms with Gasteiger partial charge in [0.2, 0.25) is 0 Å². The third-order valence-electron chi connectivity index (χ3n) is 2.04. The lowest BCUT2D eigenvalue weighted by molar-refractivity contribution is 0.0131. The molecule has 1 aromatic rings. The Morgan fingerprint density at radius 3 is 2.15 bits per heavy atom. The van der Waals surface area contributed by atoms with Gasteiger partial charge in [0.25, 0.3) is 0 Å². The molecule has 13 heavy (non-hydrogen) atoms. The molecule has 0 amide bonds. The van der Waals surface area contributed by atoms with Gasteiger partial charge < -0.3 is 20.3 Å². The van der Waals surface area contributed by atoms with E-state index in [9.17, 15) is 4.79 Å². The molecule has 0 aromatic carbocycles. The van der Waals surface area contributed by atoms with Crippen LogP contribution in [0, 0.1) is 0 Å². The molecule has 0 spiro atoms. The van der Waals surface area contributed by atoms with Crippen molar-refractivity contribution in [2.45, 2.75) is 5.54 Å². The second-order valence-corrected chi connectivity index (χ2v) is 2.83. The predicted molar refractivity (Wildman–Crippen MR) is 44.3 cm³/mol. The molecule has 1 rings (SSSR count). The first-order valence-corrected chi connectivity index (χ1v) is 3.79. The molecule has 0 saturated carbocycles. The Labute approximate surface area is 74.1 Å². The molecule has 1 aromatic heterocycles. The number of rotatable bonds is 4. The highest BCUT2D eigenvalue weighted by atomic mass is 16.3. The number of hydrogen-bond acceptors (Lipinski definition) is 4. The average Bonchev–Trinajstić information content (AvgIpc) is 2.57. The summed E-state index contributed by atoms with van der Waals surface area (Å²) in [7, 11) is 0. The zero-order valence-corrected chi connectivity index (χ0v) is 6.97. The van der Waals surface area contributed by atoms with Gasteiger partial charge in [0.15, 0.2) is 0 Å². The van der Waals surface area contributed by atoms with Gasteiger partial charge in [-0.2, -0.15) is 0 Å². The quantitative estimate of drug-likeness (QED) is 0.433. The Morgan fingerprint density at radius 1 is 1.31 bits per heavy atom. The van der Waals surface area contributed by atoms with Crippen molar-refractivity contribution < 1.29 is 15.3 Å². The maximum absolute atomic E-state index is 11.1. The Bertz CT molecular complexity index is 304. The van der Waals surface area contributed by atoms with Crippen LogP contribution in [0.25, 0.3) is 0 Å². The molecule has 0 unspecified atom stereocenters. The van der Waals surface area contributed by atoms with E-state index in [0.29, 0.717) is 0 Å². The summed E-state index contributed by atoms with van der Waals surface area (Å²) in [5, 5.41) is 26.9. The number of aliphatic hydroxyl groups is 3. The first-order valence-electron chi connectivity index (χ1n) is 3.79. The van der Waals surface area contributed by atoms with Crippen molar-refractivity contribution in [3.05, 3.63) is 22.9 Å². The van der Waals surface area contributed by atoms with Crippen LogP contribution in [0.15, 0.2) is 17.2 Å². The van der Waals surface area contributed by atoms with Crippen LogP contribution >= 0.6 is 0 Å². The van der Waals surface area contributed by atoms with Crippen molar-refractivity contribution in [3.63, 3.8) is 0 Å². The van der Waals surface area contributed by atoms with Gasteiger partial charge in [-0.15, -0.1) is 0 Å². The van der Waals surface area contributed by atoms with Crippen LogP contribution in [-0.2, 0) is 5.54 Å². The fraction of sp³-hybridized carbons (Fsp3) is 0.571. The molecule has 0 aliphatic rings. The lowest BCUT2D eigenvalue weighted by atomic mass is 10.0. The molecule has 6 nitrogen and oxygen atoms in total. The number of aromatic nitrogens is 2. The van der Waals surface area contributed by atoms with Gasteiger partial charge in [-0.05, 0) is 0 Å². The first kappa shape index (κ1) is 9.97. The van der Waals surface area contributed by atoms with Gasteiger partial charge in [0, 0.05) is 12.4 Å². The predicted octanol–water partition coefficient (Wildman–Crippen LogP) is -2.15. The second kappa shape index (κ2) is 3.73. The molecule has 0 saturated heterocycles. The van der Waals surface area contributed by atoms with E-state index in [4.69, 9.17) is 15.3 Å². The molecule has 1 heterocycles. The van der Waals surface area contributed by atoms with Crippen molar-refractivity contribution in [1.29, 1.82) is 0 Å². The van der Waals surface area contributed by atoms with Crippen LogP contribution in [0.2, 0.25) is 0 Å². The van der Waals surface area contributed by atoms with E-state index in [1.807, 2.05) is 0 Å². The van der Waals surface area contributed by atoms with Crippen LogP contribution in [0.3, 0.4) is 0 Å². The zero-order chi connectivity index (χ0) is 9.90. The van der Waals surface area contributed by atoms with Gasteiger partial charge in [-0.25, -0.2) is 4.79 Å². The Morgan fingerprint density at radius 2 is 1.85 bits per heavy atom. The molecule has 0 fully saturated rings. The first-order chi connectivity index (χ1) is 6.20. The number of nitrogens with one attached hydrogen (secondary N) is 1. The Balaban J connectivity index is 3.15. The number of aromatic amines is 1. The summed E-state index contributed by atoms with van der Waals surface area (Å²) in [4.78, 5) is 13.5. The van der Waals surface area contributed by atoms with Crippen molar-refractivity contribution in [3.8, 4) is 0 Å². The third kappa shape index (κ3) is 1.51. The highest BCUT2D eigenvalue weighted by Gasteiger charge is 2.31. The number of aliphatic hydroxyl groups excluding tert-OH is 3. The monoisotopic (exact) mass is 188 g/mol. The van der Waals surface area contributed by atoms with E-state index in [-0.39, 0.29) is 0 Å². The normalized spacial score (nSPS) is 11.9. The smallest absolute Gasteiger partial charge is 0.326 e. The van der Waals surface area contributed by atoms with Crippen molar-refractivity contribution in [2.75, 3.05) is 19.8 Å². The zero-order valence-electron chi connectivity index (χ0n) is 6.97. The standard InChI is InChI=1S/C7H12N2O4/c10-3-7(4-11,5-12)9-2-1-8-6(9)13/h1-2,10-12H,3-5H2,(H,8,13). The third-order valence-corrected chi connectivity index (χ3v) is 2.04. The number of imidazole rings is 1. The van der Waals surface area contributed by atoms with Crippen LogP contribution in [0.5, 0.6) is 0 Å². The summed E-state index contributed by atoms with van der Waals surface area (Å²) in [5.41, 5.74) is -1.80. The van der Waals surface area contributed by atoms with Crippen molar-refractivity contribution >= 4 is 0 Å². The number of hydrogen-bond donors (Lipinski definition) is 4. The molecule has 0 aliphatic heterocycles. The minimum atomic E-state index is -1.32. The van der Waals surface area contributed by atoms with E-state index in [1.54, 1.807) is 0 Å². The highest BCUT2D eigenvalue weighted by Crippen LogP contribution is 2.11. The molecular formula is C7H12N2O4.